The van der Waals surface area contributed by atoms with E-state index in [1.807, 2.05) is 6.55 Å². The summed E-state index contributed by atoms with van der Waals surface area (Å²) in [7, 11) is 0. The van der Waals surface area contributed by atoms with Crippen molar-refractivity contribution in [3.05, 3.63) is 131 Å². The number of fused-ring (bicyclic) bond motifs is 6. The van der Waals surface area contributed by atoms with Gasteiger partial charge in [0.25, 0.3) is 0 Å². The number of hydrogen-bond donors (Lipinski definition) is 0. The van der Waals surface area contributed by atoms with E-state index in [4.69, 9.17) is 0 Å². The number of rotatable bonds is 8. The Kier molecular flexibility index (Phi) is 15.1. The van der Waals surface area contributed by atoms with Crippen LogP contribution < -0.4 is 24.8 Å². The van der Waals surface area contributed by atoms with Gasteiger partial charge in [-0.25, -0.2) is 0 Å². The molecule has 0 spiro atoms. The van der Waals surface area contributed by atoms with Crippen LogP contribution in [0.15, 0.2) is 109 Å². The van der Waals surface area contributed by atoms with Crippen molar-refractivity contribution >= 4 is 27.0 Å². The number of halogens is 5. The van der Waals surface area contributed by atoms with Crippen LogP contribution in [0.1, 0.15) is 92.9 Å². The molecule has 6 aromatic rings. The van der Waals surface area contributed by atoms with Gasteiger partial charge >= 0.3 is 67.1 Å². The second-order valence-corrected chi connectivity index (χ2v) is 27.0. The number of benzene rings is 4. The van der Waals surface area contributed by atoms with Crippen LogP contribution in [0, 0.1) is 36.5 Å². The summed E-state index contributed by atoms with van der Waals surface area (Å²) in [6, 6.07) is 41.7. The Hall–Kier alpha value is -2.43. The fourth-order valence-electron chi connectivity index (χ4n) is 11.1. The minimum absolute atomic E-state index is 0. The molecular weight excluding hydrogens is 872 g/mol. The van der Waals surface area contributed by atoms with Gasteiger partial charge in [0, 0.05) is 0 Å². The van der Waals surface area contributed by atoms with Gasteiger partial charge < -0.3 is 24.8 Å². The molecule has 4 bridgehead atoms. The fraction of sp³-hybridized carbons (Fsp3) is 0.423. The molecule has 4 fully saturated rings. The van der Waals surface area contributed by atoms with E-state index >= 15 is 0 Å². The van der Waals surface area contributed by atoms with Crippen LogP contribution >= 0.6 is 0 Å². The summed E-state index contributed by atoms with van der Waals surface area (Å²) < 4.78 is 34.3. The molecule has 7 heteroatoms. The van der Waals surface area contributed by atoms with E-state index in [-0.39, 0.29) is 24.8 Å². The van der Waals surface area contributed by atoms with Crippen LogP contribution in [0.3, 0.4) is 0 Å². The molecule has 0 radical (unpaired) electrons. The molecule has 4 aliphatic rings. The zero-order valence-corrected chi connectivity index (χ0v) is 39.8. The van der Waals surface area contributed by atoms with E-state index in [2.05, 4.69) is 123 Å². The van der Waals surface area contributed by atoms with Gasteiger partial charge in [-0.1, -0.05) is 82.9 Å². The van der Waals surface area contributed by atoms with Crippen molar-refractivity contribution in [3.8, 4) is 22.3 Å². The van der Waals surface area contributed by atoms with Crippen LogP contribution in [0.2, 0.25) is 12.6 Å². The minimum Gasteiger partial charge on any atom is -1.00 e. The van der Waals surface area contributed by atoms with E-state index in [0.29, 0.717) is 16.9 Å². The quantitative estimate of drug-likeness (QED) is 0.106. The third-order valence-electron chi connectivity index (χ3n) is 14.1. The van der Waals surface area contributed by atoms with E-state index in [1.165, 1.54) is 155 Å². The molecule has 0 nitrogen and oxygen atoms in total. The summed E-state index contributed by atoms with van der Waals surface area (Å²) in [4.78, 5) is 0. The van der Waals surface area contributed by atoms with Crippen molar-refractivity contribution in [2.75, 3.05) is 0 Å². The summed E-state index contributed by atoms with van der Waals surface area (Å²) in [6.45, 7) is 6.23. The molecule has 4 saturated carbocycles. The van der Waals surface area contributed by atoms with E-state index in [9.17, 15) is 13.2 Å². The zero-order chi connectivity index (χ0) is 39.8. The standard InChI is InChI=1S/2C24H25.C4H7F3Si.2ClH.Zr/c2*1-17-5-7-20(8-6-17)22-4-2-3-21-13-19(14-23(21)22)16-24-11-9-18(15-24)10-12-24;1-8-3-2-4(5,6)7;;;/h2*2-8,13-14,18H,9-12,15-16H2,1H3;2-3H2,1H3;2*1H;/q2*-1;;;;+2/p-2. The first kappa shape index (κ1) is 46.1. The molecule has 6 aromatic carbocycles. The van der Waals surface area contributed by atoms with Gasteiger partial charge in [-0.3, -0.25) is 0 Å². The molecule has 0 unspecified atom stereocenters. The normalized spacial score (nSPS) is 22.6. The topological polar surface area (TPSA) is 0 Å². The average Bonchev–Trinajstić information content (AvgIpc) is 4.06. The maximum absolute atomic E-state index is 11.4. The smallest absolute Gasteiger partial charge is 0.0270 e. The first-order chi connectivity index (χ1) is 27.3. The second kappa shape index (κ2) is 19.3. The minimum atomic E-state index is -3.93. The van der Waals surface area contributed by atoms with E-state index < -0.39 is 18.0 Å². The van der Waals surface area contributed by atoms with Gasteiger partial charge in [0.05, 0.1) is 0 Å². The summed E-state index contributed by atoms with van der Waals surface area (Å²) in [6.07, 6.45) is 12.8. The molecule has 0 N–H and O–H groups in total. The molecule has 0 saturated heterocycles. The predicted molar refractivity (Wildman–Crippen MR) is 232 cm³/mol. The van der Waals surface area contributed by atoms with Crippen LogP contribution in [0.5, 0.6) is 0 Å². The Morgan fingerprint density at radius 2 is 1.02 bits per heavy atom. The number of alkyl halides is 3. The first-order valence-electron chi connectivity index (χ1n) is 21.4. The molecule has 0 atom stereocenters. The maximum atomic E-state index is 11.4. The van der Waals surface area contributed by atoms with Gasteiger partial charge in [-0.15, -0.1) is 69.1 Å². The van der Waals surface area contributed by atoms with E-state index in [0.717, 1.165) is 11.8 Å². The summed E-state index contributed by atoms with van der Waals surface area (Å²) in [5.41, 5.74) is 11.9. The van der Waals surface area contributed by atoms with Crippen molar-refractivity contribution in [3.63, 3.8) is 0 Å². The van der Waals surface area contributed by atoms with Gasteiger partial charge in [0.1, 0.15) is 0 Å². The molecule has 0 aliphatic heterocycles. The third-order valence-corrected chi connectivity index (χ3v) is 16.9. The van der Waals surface area contributed by atoms with Crippen LogP contribution in [0.4, 0.5) is 13.2 Å². The molecular formula is C52H57Cl2F3SiZr-2. The van der Waals surface area contributed by atoms with Gasteiger partial charge in [0.2, 0.25) is 0 Å². The van der Waals surface area contributed by atoms with Gasteiger partial charge in [-0.2, -0.15) is 12.1 Å². The summed E-state index contributed by atoms with van der Waals surface area (Å²) in [5, 5.41) is 5.68. The van der Waals surface area contributed by atoms with Crippen molar-refractivity contribution in [2.45, 2.75) is 116 Å². The predicted octanol–water partition coefficient (Wildman–Crippen LogP) is 9.43. The van der Waals surface area contributed by atoms with Crippen molar-refractivity contribution in [1.29, 1.82) is 0 Å². The monoisotopic (exact) mass is 926 g/mol. The Balaban J connectivity index is 0.000000161. The molecule has 0 amide bonds. The van der Waals surface area contributed by atoms with Crippen molar-refractivity contribution in [1.82, 2.24) is 0 Å². The van der Waals surface area contributed by atoms with Gasteiger partial charge in [0.15, 0.2) is 0 Å². The number of aryl methyl sites for hydroxylation is 2. The SMILES string of the molecule is C[Si](=[Zr+2])CCC(F)(F)F.Cc1ccc(-c2cccc3[cH-]c(CC45CCC(CC4)C5)cc23)cc1.Cc1ccc(-c2cccc3[cH-]c(CC45CCC(CC4)C5)cc23)cc1.[Cl-].[Cl-]. The average molecular weight is 929 g/mol. The van der Waals surface area contributed by atoms with Crippen molar-refractivity contribution in [2.24, 2.45) is 22.7 Å². The van der Waals surface area contributed by atoms with Crippen LogP contribution in [-0.2, 0) is 36.2 Å². The third kappa shape index (κ3) is 11.2. The molecule has 0 heterocycles. The Morgan fingerprint density at radius 3 is 1.32 bits per heavy atom. The van der Waals surface area contributed by atoms with E-state index in [1.54, 1.807) is 11.1 Å². The Morgan fingerprint density at radius 1 is 0.627 bits per heavy atom. The molecule has 59 heavy (non-hydrogen) atoms. The Bertz CT molecular complexity index is 2170. The first-order valence-corrected chi connectivity index (χ1v) is 27.3. The Labute approximate surface area is 378 Å². The van der Waals surface area contributed by atoms with Crippen LogP contribution in [-0.4, -0.2) is 11.6 Å². The maximum Gasteiger partial charge on any atom is -0.0270 e. The van der Waals surface area contributed by atoms with Crippen molar-refractivity contribution < 1.29 is 61.3 Å². The largest absolute Gasteiger partial charge is 1.00 e. The molecule has 10 rings (SSSR count). The van der Waals surface area contributed by atoms with Crippen LogP contribution in [0.25, 0.3) is 43.8 Å². The second-order valence-electron chi connectivity index (χ2n) is 18.6. The number of hydrogen-bond acceptors (Lipinski definition) is 0. The molecule has 0 aromatic heterocycles. The zero-order valence-electron chi connectivity index (χ0n) is 34.8. The summed E-state index contributed by atoms with van der Waals surface area (Å²) in [5.74, 6) is 2.08. The van der Waals surface area contributed by atoms with Gasteiger partial charge in [-0.05, 0) is 125 Å². The fourth-order valence-corrected chi connectivity index (χ4v) is 12.7. The molecule has 4 aliphatic carbocycles. The molecule has 310 valence electrons. The summed E-state index contributed by atoms with van der Waals surface area (Å²) >= 11 is 1.29.